The van der Waals surface area contributed by atoms with Crippen molar-refractivity contribution in [2.24, 2.45) is 16.7 Å². The molecule has 3 atom stereocenters. The molecule has 14 heavy (non-hydrogen) atoms. The second-order valence-electron chi connectivity index (χ2n) is 5.02. The number of carboxylic acid groups (broad SMARTS) is 1. The molecule has 2 aliphatic rings. The smallest absolute Gasteiger partial charge is 0.312 e. The Bertz CT molecular complexity index is 320. The summed E-state index contributed by atoms with van der Waals surface area (Å²) in [5, 5.41) is 9.08. The second-order valence-corrected chi connectivity index (χ2v) is 5.02. The first-order valence-corrected chi connectivity index (χ1v) is 4.74. The zero-order chi connectivity index (χ0) is 10.7. The Labute approximate surface area is 82.2 Å². The first kappa shape index (κ1) is 9.49. The third-order valence-electron chi connectivity index (χ3n) is 4.16. The van der Waals surface area contributed by atoms with Crippen LogP contribution in [0.5, 0.6) is 0 Å². The predicted octanol–water partition coefficient (Wildman–Crippen LogP) is 1.05. The summed E-state index contributed by atoms with van der Waals surface area (Å²) in [6.07, 6.45) is 0.107. The molecule has 1 heterocycles. The van der Waals surface area contributed by atoms with Gasteiger partial charge >= 0.3 is 11.9 Å². The minimum atomic E-state index is -0.865. The molecule has 78 valence electrons. The number of fused-ring (bicyclic) bond motifs is 2. The van der Waals surface area contributed by atoms with Gasteiger partial charge in [0, 0.05) is 6.42 Å². The maximum atomic E-state index is 11.5. The fourth-order valence-electron chi connectivity index (χ4n) is 2.78. The highest BCUT2D eigenvalue weighted by molar-refractivity contribution is 5.85. The molecule has 2 bridgehead atoms. The third kappa shape index (κ3) is 0.792. The summed E-state index contributed by atoms with van der Waals surface area (Å²) in [6, 6.07) is 0. The van der Waals surface area contributed by atoms with Crippen LogP contribution in [0.2, 0.25) is 0 Å². The lowest BCUT2D eigenvalue weighted by molar-refractivity contribution is -0.175. The van der Waals surface area contributed by atoms with Crippen LogP contribution in [0.4, 0.5) is 0 Å². The Kier molecular flexibility index (Phi) is 1.56. The monoisotopic (exact) mass is 198 g/mol. The Hall–Kier alpha value is -1.06. The predicted molar refractivity (Wildman–Crippen MR) is 47.5 cm³/mol. The SMILES string of the molecule is CC1(C)[C@@H](C(=O)O)[C@H]2C[C@@]1(C)C(=O)O2. The average Bonchev–Trinajstić information content (AvgIpc) is 2.35. The van der Waals surface area contributed by atoms with Gasteiger partial charge in [-0.3, -0.25) is 9.59 Å². The van der Waals surface area contributed by atoms with Gasteiger partial charge in [0.25, 0.3) is 0 Å². The van der Waals surface area contributed by atoms with Gasteiger partial charge in [0.15, 0.2) is 0 Å². The Morgan fingerprint density at radius 2 is 2.07 bits per heavy atom. The lowest BCUT2D eigenvalue weighted by atomic mass is 9.65. The van der Waals surface area contributed by atoms with Gasteiger partial charge in [-0.1, -0.05) is 13.8 Å². The second kappa shape index (κ2) is 2.30. The molecule has 0 amide bonds. The number of carbonyl (C=O) groups excluding carboxylic acids is 1. The van der Waals surface area contributed by atoms with Crippen molar-refractivity contribution in [2.75, 3.05) is 0 Å². The normalized spacial score (nSPS) is 43.8. The molecule has 0 aromatic rings. The van der Waals surface area contributed by atoms with E-state index in [9.17, 15) is 9.59 Å². The summed E-state index contributed by atoms with van der Waals surface area (Å²) in [5.41, 5.74) is -1.14. The standard InChI is InChI=1S/C10H14O4/c1-9(2)6(7(11)12)5-4-10(9,3)8(13)14-5/h5-6H,4H2,1-3H3,(H,11,12)/t5-,6-,10+/m1/s1. The highest BCUT2D eigenvalue weighted by Crippen LogP contribution is 2.61. The summed E-state index contributed by atoms with van der Waals surface area (Å²) in [5.74, 6) is -1.67. The largest absolute Gasteiger partial charge is 0.481 e. The number of ether oxygens (including phenoxy) is 1. The van der Waals surface area contributed by atoms with Crippen LogP contribution < -0.4 is 0 Å². The number of carbonyl (C=O) groups is 2. The Morgan fingerprint density at radius 1 is 1.50 bits per heavy atom. The van der Waals surface area contributed by atoms with Crippen LogP contribution in [0.15, 0.2) is 0 Å². The van der Waals surface area contributed by atoms with E-state index in [0.29, 0.717) is 6.42 Å². The zero-order valence-corrected chi connectivity index (χ0v) is 8.53. The summed E-state index contributed by atoms with van der Waals surface area (Å²) >= 11 is 0. The average molecular weight is 198 g/mol. The molecule has 0 unspecified atom stereocenters. The Morgan fingerprint density at radius 3 is 2.43 bits per heavy atom. The van der Waals surface area contributed by atoms with E-state index >= 15 is 0 Å². The molecule has 4 nitrogen and oxygen atoms in total. The van der Waals surface area contributed by atoms with Crippen molar-refractivity contribution in [1.82, 2.24) is 0 Å². The Balaban J connectivity index is 2.46. The molecule has 0 spiro atoms. The maximum Gasteiger partial charge on any atom is 0.312 e. The first-order chi connectivity index (χ1) is 6.30. The third-order valence-corrected chi connectivity index (χ3v) is 4.16. The van der Waals surface area contributed by atoms with Crippen molar-refractivity contribution in [3.63, 3.8) is 0 Å². The molecule has 1 aliphatic carbocycles. The quantitative estimate of drug-likeness (QED) is 0.639. The summed E-state index contributed by atoms with van der Waals surface area (Å²) in [6.45, 7) is 5.48. The van der Waals surface area contributed by atoms with E-state index in [0.717, 1.165) is 0 Å². The molecule has 0 radical (unpaired) electrons. The van der Waals surface area contributed by atoms with Crippen molar-refractivity contribution >= 4 is 11.9 Å². The zero-order valence-electron chi connectivity index (χ0n) is 8.53. The van der Waals surface area contributed by atoms with Crippen molar-refractivity contribution in [3.05, 3.63) is 0 Å². The van der Waals surface area contributed by atoms with Crippen LogP contribution >= 0.6 is 0 Å². The van der Waals surface area contributed by atoms with Gasteiger partial charge in [-0.15, -0.1) is 0 Å². The molecular weight excluding hydrogens is 184 g/mol. The number of esters is 1. The first-order valence-electron chi connectivity index (χ1n) is 4.74. The van der Waals surface area contributed by atoms with Crippen molar-refractivity contribution in [2.45, 2.75) is 33.3 Å². The van der Waals surface area contributed by atoms with E-state index in [1.54, 1.807) is 6.92 Å². The van der Waals surface area contributed by atoms with E-state index in [-0.39, 0.29) is 5.97 Å². The highest BCUT2D eigenvalue weighted by Gasteiger charge is 2.69. The van der Waals surface area contributed by atoms with Gasteiger partial charge in [-0.25, -0.2) is 0 Å². The van der Waals surface area contributed by atoms with Crippen LogP contribution in [0, 0.1) is 16.7 Å². The summed E-state index contributed by atoms with van der Waals surface area (Å²) in [4.78, 5) is 22.6. The number of hydrogen-bond donors (Lipinski definition) is 1. The molecule has 1 saturated heterocycles. The molecule has 1 aliphatic heterocycles. The van der Waals surface area contributed by atoms with Crippen LogP contribution in [-0.4, -0.2) is 23.1 Å². The fourth-order valence-corrected chi connectivity index (χ4v) is 2.78. The van der Waals surface area contributed by atoms with E-state index < -0.39 is 28.8 Å². The van der Waals surface area contributed by atoms with Gasteiger partial charge in [-0.05, 0) is 12.3 Å². The molecule has 2 rings (SSSR count). The van der Waals surface area contributed by atoms with Crippen LogP contribution in [0.25, 0.3) is 0 Å². The van der Waals surface area contributed by atoms with Gasteiger partial charge < -0.3 is 9.84 Å². The van der Waals surface area contributed by atoms with Gasteiger partial charge in [0.1, 0.15) is 6.10 Å². The highest BCUT2D eigenvalue weighted by atomic mass is 16.6. The van der Waals surface area contributed by atoms with Crippen LogP contribution in [-0.2, 0) is 14.3 Å². The van der Waals surface area contributed by atoms with Gasteiger partial charge in [0.2, 0.25) is 0 Å². The van der Waals surface area contributed by atoms with E-state index in [4.69, 9.17) is 9.84 Å². The van der Waals surface area contributed by atoms with Crippen molar-refractivity contribution in [1.29, 1.82) is 0 Å². The molecule has 2 fully saturated rings. The lowest BCUT2D eigenvalue weighted by Crippen LogP contribution is -2.48. The van der Waals surface area contributed by atoms with Crippen LogP contribution in [0.3, 0.4) is 0 Å². The van der Waals surface area contributed by atoms with E-state index in [2.05, 4.69) is 0 Å². The number of rotatable bonds is 1. The van der Waals surface area contributed by atoms with Crippen LogP contribution in [0.1, 0.15) is 27.2 Å². The number of aliphatic carboxylic acids is 1. The number of carboxylic acids is 1. The van der Waals surface area contributed by atoms with E-state index in [1.807, 2.05) is 13.8 Å². The van der Waals surface area contributed by atoms with Gasteiger partial charge in [-0.2, -0.15) is 0 Å². The fraction of sp³-hybridized carbons (Fsp3) is 0.800. The molecule has 0 aromatic carbocycles. The van der Waals surface area contributed by atoms with E-state index in [1.165, 1.54) is 0 Å². The van der Waals surface area contributed by atoms with Crippen molar-refractivity contribution in [3.8, 4) is 0 Å². The topological polar surface area (TPSA) is 63.6 Å². The molecule has 0 aromatic heterocycles. The summed E-state index contributed by atoms with van der Waals surface area (Å²) < 4.78 is 5.05. The molecule has 1 N–H and O–H groups in total. The molecule has 4 heteroatoms. The van der Waals surface area contributed by atoms with Crippen molar-refractivity contribution < 1.29 is 19.4 Å². The molecule has 1 saturated carbocycles. The molecular formula is C10H14O4. The summed E-state index contributed by atoms with van der Waals surface area (Å²) in [7, 11) is 0. The lowest BCUT2D eigenvalue weighted by Gasteiger charge is -2.40. The maximum absolute atomic E-state index is 11.5. The minimum Gasteiger partial charge on any atom is -0.481 e. The number of hydrogen-bond acceptors (Lipinski definition) is 3. The van der Waals surface area contributed by atoms with Gasteiger partial charge in [0.05, 0.1) is 11.3 Å². The minimum absolute atomic E-state index is 0.245.